The summed E-state index contributed by atoms with van der Waals surface area (Å²) in [7, 11) is 0. The smallest absolute Gasteiger partial charge is 0.247 e. The lowest BCUT2D eigenvalue weighted by Crippen LogP contribution is -2.60. The van der Waals surface area contributed by atoms with Gasteiger partial charge in [0.2, 0.25) is 17.7 Å². The maximum atomic E-state index is 13.9. The largest absolute Gasteiger partial charge is 0.390 e. The summed E-state index contributed by atoms with van der Waals surface area (Å²) in [5.41, 5.74) is 1.03. The number of nitrogens with one attached hydrogen (secondary N) is 3. The third-order valence-electron chi connectivity index (χ3n) is 8.01. The number of rotatable bonds is 14. The molecule has 1 fully saturated rings. The van der Waals surface area contributed by atoms with Gasteiger partial charge in [-0.1, -0.05) is 93.6 Å². The van der Waals surface area contributed by atoms with Crippen LogP contribution in [-0.2, 0) is 32.1 Å². The minimum Gasteiger partial charge on any atom is -0.390 e. The lowest BCUT2D eigenvalue weighted by Gasteiger charge is -2.35. The highest BCUT2D eigenvalue weighted by atomic mass is 16.5. The molecule has 4 rings (SSSR count). The molecule has 0 aromatic heterocycles. The highest BCUT2D eigenvalue weighted by Crippen LogP contribution is 2.25. The number of benzene rings is 3. The van der Waals surface area contributed by atoms with Gasteiger partial charge in [0.25, 0.3) is 0 Å². The lowest BCUT2D eigenvalue weighted by atomic mass is 9.91. The molecule has 1 unspecified atom stereocenters. The minimum atomic E-state index is -1.08. The fourth-order valence-corrected chi connectivity index (χ4v) is 5.44. The highest BCUT2D eigenvalue weighted by Gasteiger charge is 2.42. The van der Waals surface area contributed by atoms with Crippen LogP contribution in [0.1, 0.15) is 51.7 Å². The molecule has 3 aromatic carbocycles. The second kappa shape index (κ2) is 16.1. The molecule has 1 aliphatic rings. The Morgan fingerprint density at radius 1 is 0.956 bits per heavy atom. The molecule has 0 spiro atoms. The molecule has 9 heteroatoms. The number of imide groups is 1. The van der Waals surface area contributed by atoms with Gasteiger partial charge in [0.05, 0.1) is 24.9 Å². The van der Waals surface area contributed by atoms with Gasteiger partial charge in [-0.15, -0.1) is 0 Å². The Bertz CT molecular complexity index is 1420. The normalized spacial score (nSPS) is 17.0. The number of aliphatic hydroxyl groups is 1. The van der Waals surface area contributed by atoms with Crippen molar-refractivity contribution in [2.45, 2.75) is 77.9 Å². The number of fused-ring (bicyclic) bond motifs is 1. The van der Waals surface area contributed by atoms with Gasteiger partial charge in [-0.25, -0.2) is 0 Å². The summed E-state index contributed by atoms with van der Waals surface area (Å²) in [6, 6.07) is 22.1. The van der Waals surface area contributed by atoms with E-state index in [2.05, 4.69) is 16.0 Å². The van der Waals surface area contributed by atoms with Crippen molar-refractivity contribution in [3.05, 3.63) is 83.9 Å². The number of hydrogen-bond donors (Lipinski definition) is 4. The predicted molar refractivity (Wildman–Crippen MR) is 176 cm³/mol. The van der Waals surface area contributed by atoms with Crippen LogP contribution < -0.4 is 16.0 Å². The molecule has 3 aromatic rings. The van der Waals surface area contributed by atoms with E-state index in [1.54, 1.807) is 20.8 Å². The van der Waals surface area contributed by atoms with Crippen LogP contribution in [0.3, 0.4) is 0 Å². The van der Waals surface area contributed by atoms with E-state index >= 15 is 0 Å². The second-order valence-electron chi connectivity index (χ2n) is 13.0. The number of aliphatic hydroxyl groups excluding tert-OH is 1. The summed E-state index contributed by atoms with van der Waals surface area (Å²) in [6.07, 6.45) is 0.627. The van der Waals surface area contributed by atoms with Crippen LogP contribution in [0.2, 0.25) is 0 Å². The lowest BCUT2D eigenvalue weighted by molar-refractivity contribution is -0.157. The van der Waals surface area contributed by atoms with Gasteiger partial charge in [-0.3, -0.25) is 19.3 Å². The van der Waals surface area contributed by atoms with Crippen LogP contribution in [0.15, 0.2) is 72.8 Å². The number of amides is 3. The van der Waals surface area contributed by atoms with Crippen LogP contribution in [0, 0.1) is 5.41 Å². The first-order valence-corrected chi connectivity index (χ1v) is 15.9. The Balaban J connectivity index is 1.44. The van der Waals surface area contributed by atoms with Gasteiger partial charge in [0.15, 0.2) is 0 Å². The summed E-state index contributed by atoms with van der Waals surface area (Å²) in [5.74, 6) is -1.28. The van der Waals surface area contributed by atoms with Crippen molar-refractivity contribution < 1.29 is 24.2 Å². The third kappa shape index (κ3) is 9.93. The van der Waals surface area contributed by atoms with Crippen molar-refractivity contribution in [2.75, 3.05) is 26.2 Å². The number of carbonyl (C=O) groups is 3. The third-order valence-corrected chi connectivity index (χ3v) is 8.01. The monoisotopic (exact) mass is 616 g/mol. The maximum Gasteiger partial charge on any atom is 0.247 e. The standard InChI is InChI=1S/C36H48N4O5/c1-25(45-24-26-11-6-5-7-12-26)21-37-22-30(41)23-39-33(42)32(20-27-16-17-28-13-8-9-14-29(28)19-27)40(35(44)36(2,3)4)34(43)31-15-10-18-38-31/h5-9,11-14,16-17,19,25,30-32,37-38,41H,10,15,18,20-24H2,1-4H3,(H,39,42)/t25-,30?,31+,32-/m1/s1. The van der Waals surface area contributed by atoms with Crippen molar-refractivity contribution in [2.24, 2.45) is 5.41 Å². The average molecular weight is 617 g/mol. The van der Waals surface area contributed by atoms with E-state index in [-0.39, 0.29) is 31.5 Å². The van der Waals surface area contributed by atoms with Crippen LogP contribution in [0.4, 0.5) is 0 Å². The molecule has 0 radical (unpaired) electrons. The topological polar surface area (TPSA) is 120 Å². The van der Waals surface area contributed by atoms with E-state index < -0.39 is 35.4 Å². The summed E-state index contributed by atoms with van der Waals surface area (Å²) < 4.78 is 5.88. The zero-order valence-electron chi connectivity index (χ0n) is 26.9. The Kier molecular flexibility index (Phi) is 12.2. The molecule has 45 heavy (non-hydrogen) atoms. The van der Waals surface area contributed by atoms with Crippen molar-refractivity contribution in [3.63, 3.8) is 0 Å². The van der Waals surface area contributed by atoms with Gasteiger partial charge in [-0.05, 0) is 48.2 Å². The molecule has 1 heterocycles. The van der Waals surface area contributed by atoms with Crippen molar-refractivity contribution in [1.82, 2.24) is 20.9 Å². The van der Waals surface area contributed by atoms with Crippen LogP contribution in [-0.4, -0.2) is 78.2 Å². The maximum absolute atomic E-state index is 13.9. The Morgan fingerprint density at radius 3 is 2.36 bits per heavy atom. The summed E-state index contributed by atoms with van der Waals surface area (Å²) >= 11 is 0. The number of hydrogen-bond acceptors (Lipinski definition) is 7. The first-order chi connectivity index (χ1) is 21.5. The summed E-state index contributed by atoms with van der Waals surface area (Å²) in [4.78, 5) is 42.7. The van der Waals surface area contributed by atoms with Crippen LogP contribution in [0.25, 0.3) is 10.8 Å². The van der Waals surface area contributed by atoms with Gasteiger partial charge in [0.1, 0.15) is 6.04 Å². The molecule has 3 amide bonds. The van der Waals surface area contributed by atoms with Crippen molar-refractivity contribution in [3.8, 4) is 0 Å². The summed E-state index contributed by atoms with van der Waals surface area (Å²) in [5, 5.41) is 22.0. The van der Waals surface area contributed by atoms with Crippen molar-refractivity contribution >= 4 is 28.5 Å². The molecule has 242 valence electrons. The first-order valence-electron chi connectivity index (χ1n) is 15.9. The molecule has 0 saturated carbocycles. The highest BCUT2D eigenvalue weighted by molar-refractivity contribution is 6.04. The number of carbonyl (C=O) groups excluding carboxylic acids is 3. The Labute approximate surface area is 266 Å². The fraction of sp³-hybridized carbons (Fsp3) is 0.472. The SMILES string of the molecule is C[C@H](CNCC(O)CNC(=O)[C@@H](Cc1ccc2ccccc2c1)N(C(=O)[C@@H]1CCCN1)C(=O)C(C)(C)C)OCc1ccccc1. The van der Waals surface area contributed by atoms with Gasteiger partial charge < -0.3 is 25.8 Å². The molecule has 1 aliphatic heterocycles. The number of ether oxygens (including phenoxy) is 1. The molecule has 4 atom stereocenters. The fourth-order valence-electron chi connectivity index (χ4n) is 5.44. The first kappa shape index (κ1) is 34.2. The van der Waals surface area contributed by atoms with E-state index in [1.807, 2.05) is 79.7 Å². The zero-order valence-corrected chi connectivity index (χ0v) is 26.9. The Hall–Kier alpha value is -3.63. The zero-order chi connectivity index (χ0) is 32.4. The van der Waals surface area contributed by atoms with Gasteiger partial charge >= 0.3 is 0 Å². The van der Waals surface area contributed by atoms with E-state index in [4.69, 9.17) is 4.74 Å². The molecular formula is C36H48N4O5. The van der Waals surface area contributed by atoms with Gasteiger partial charge in [-0.2, -0.15) is 0 Å². The van der Waals surface area contributed by atoms with E-state index in [0.29, 0.717) is 26.1 Å². The Morgan fingerprint density at radius 2 is 1.67 bits per heavy atom. The molecule has 1 saturated heterocycles. The molecule has 0 bridgehead atoms. The van der Waals surface area contributed by atoms with E-state index in [9.17, 15) is 19.5 Å². The molecule has 4 N–H and O–H groups in total. The van der Waals surface area contributed by atoms with Crippen LogP contribution >= 0.6 is 0 Å². The van der Waals surface area contributed by atoms with Crippen LogP contribution in [0.5, 0.6) is 0 Å². The predicted octanol–water partition coefficient (Wildman–Crippen LogP) is 3.58. The summed E-state index contributed by atoms with van der Waals surface area (Å²) in [6.45, 7) is 9.13. The average Bonchev–Trinajstić information content (AvgIpc) is 3.57. The molecule has 9 nitrogen and oxygen atoms in total. The van der Waals surface area contributed by atoms with Crippen molar-refractivity contribution in [1.29, 1.82) is 0 Å². The quantitative estimate of drug-likeness (QED) is 0.219. The number of nitrogens with zero attached hydrogens (tertiary/aromatic N) is 1. The van der Waals surface area contributed by atoms with E-state index in [1.165, 1.54) is 4.90 Å². The second-order valence-corrected chi connectivity index (χ2v) is 13.0. The molecule has 0 aliphatic carbocycles. The minimum absolute atomic E-state index is 0.0350. The van der Waals surface area contributed by atoms with Gasteiger partial charge in [0, 0.05) is 31.5 Å². The van der Waals surface area contributed by atoms with E-state index in [0.717, 1.165) is 28.3 Å². The molecular weight excluding hydrogens is 568 g/mol.